The lowest BCUT2D eigenvalue weighted by Crippen LogP contribution is -2.19. The van der Waals surface area contributed by atoms with Gasteiger partial charge in [-0.3, -0.25) is 24.0 Å². The van der Waals surface area contributed by atoms with E-state index in [1.54, 1.807) is 42.3 Å². The van der Waals surface area contributed by atoms with Crippen LogP contribution in [0.1, 0.15) is 133 Å². The van der Waals surface area contributed by atoms with Crippen LogP contribution in [0.15, 0.2) is 0 Å². The second kappa shape index (κ2) is 41.8. The molecule has 15 heteroatoms. The fraction of sp³-hybridized carbons (Fsp3) is 0.805. The van der Waals surface area contributed by atoms with Crippen LogP contribution < -0.4 is 0 Å². The van der Waals surface area contributed by atoms with Gasteiger partial charge in [0.25, 0.3) is 0 Å². The number of rotatable bonds is 23. The van der Waals surface area contributed by atoms with Crippen molar-refractivity contribution in [3.63, 3.8) is 0 Å². The number of methoxy groups -OCH3 is 4. The fourth-order valence-electron chi connectivity index (χ4n) is 3.49. The zero-order chi connectivity index (χ0) is 43.4. The molecule has 0 rings (SSSR count). The normalized spacial score (nSPS) is 11.2. The molecule has 2 unspecified atom stereocenters. The first-order valence-corrected chi connectivity index (χ1v) is 18.5. The van der Waals surface area contributed by atoms with Crippen molar-refractivity contribution in [1.82, 2.24) is 0 Å². The lowest BCUT2D eigenvalue weighted by molar-refractivity contribution is -0.137. The Bertz CT molecular complexity index is 1170. The molecule has 0 fully saturated rings. The number of hydrogen-bond donors (Lipinski definition) is 1. The summed E-state index contributed by atoms with van der Waals surface area (Å²) in [4.78, 5) is 54.0. The van der Waals surface area contributed by atoms with E-state index in [4.69, 9.17) is 39.8 Å². The molecule has 2 atom stereocenters. The van der Waals surface area contributed by atoms with Crippen LogP contribution in [0.25, 0.3) is 0 Å². The van der Waals surface area contributed by atoms with Crippen LogP contribution in [0.4, 0.5) is 0 Å². The van der Waals surface area contributed by atoms with Crippen LogP contribution in [-0.4, -0.2) is 89.1 Å². The Morgan fingerprint density at radius 1 is 0.536 bits per heavy atom. The Morgan fingerprint density at radius 2 is 0.875 bits per heavy atom. The molecule has 0 bridgehead atoms. The molecule has 13 nitrogen and oxygen atoms in total. The SMILES string of the molecule is CC(C)(C#N)CCC(=O)O.CCC(=O)C(C)COC.CCC(=O)CCOC.COCC(C)C(=O)CCC(C)(C)C#N.COCCC(=O)CCC(C)(C)C#N.S.S. The number of aliphatic carboxylic acids is 1. The average Bonchev–Trinajstić information content (AvgIpc) is 3.14. The van der Waals surface area contributed by atoms with E-state index in [9.17, 15) is 24.0 Å². The van der Waals surface area contributed by atoms with Gasteiger partial charge in [-0.15, -0.1) is 0 Å². The van der Waals surface area contributed by atoms with E-state index in [1.807, 2.05) is 61.5 Å². The first kappa shape index (κ1) is 67.9. The molecule has 0 radical (unpaired) electrons. The highest BCUT2D eigenvalue weighted by Gasteiger charge is 2.21. The number of ether oxygens (including phenoxy) is 4. The van der Waals surface area contributed by atoms with E-state index < -0.39 is 16.8 Å². The lowest BCUT2D eigenvalue weighted by Gasteiger charge is -2.15. The van der Waals surface area contributed by atoms with E-state index in [0.29, 0.717) is 84.2 Å². The summed E-state index contributed by atoms with van der Waals surface area (Å²) in [7, 11) is 6.37. The molecule has 0 spiro atoms. The fourth-order valence-corrected chi connectivity index (χ4v) is 3.49. The van der Waals surface area contributed by atoms with Crippen molar-refractivity contribution in [2.75, 3.05) is 54.9 Å². The predicted molar refractivity (Wildman–Crippen MR) is 230 cm³/mol. The molecule has 0 saturated heterocycles. The van der Waals surface area contributed by atoms with Gasteiger partial charge in [0.2, 0.25) is 0 Å². The molecule has 0 heterocycles. The van der Waals surface area contributed by atoms with Crippen molar-refractivity contribution in [3.8, 4) is 18.2 Å². The molecule has 56 heavy (non-hydrogen) atoms. The molecule has 0 aromatic rings. The third-order valence-electron chi connectivity index (χ3n) is 7.74. The minimum atomic E-state index is -0.844. The van der Waals surface area contributed by atoms with Gasteiger partial charge in [-0.05, 0) is 60.8 Å². The maximum absolute atomic E-state index is 11.5. The summed E-state index contributed by atoms with van der Waals surface area (Å²) < 4.78 is 19.2. The zero-order valence-corrected chi connectivity index (χ0v) is 39.0. The number of hydrogen-bond acceptors (Lipinski definition) is 12. The lowest BCUT2D eigenvalue weighted by atomic mass is 9.87. The maximum atomic E-state index is 11.5. The number of carbonyl (C=O) groups is 5. The van der Waals surface area contributed by atoms with Crippen LogP contribution in [-0.2, 0) is 42.9 Å². The summed E-state index contributed by atoms with van der Waals surface area (Å²) in [5.74, 6) is 0.0573. The van der Waals surface area contributed by atoms with Crippen molar-refractivity contribution in [2.24, 2.45) is 28.1 Å². The zero-order valence-electron chi connectivity index (χ0n) is 37.0. The molecular weight excluding hydrogens is 759 g/mol. The van der Waals surface area contributed by atoms with Crippen LogP contribution in [0.5, 0.6) is 0 Å². The van der Waals surface area contributed by atoms with Crippen molar-refractivity contribution >= 4 is 56.1 Å². The van der Waals surface area contributed by atoms with E-state index in [-0.39, 0.29) is 73.8 Å². The van der Waals surface area contributed by atoms with E-state index in [0.717, 1.165) is 0 Å². The first-order chi connectivity index (χ1) is 24.9. The third kappa shape index (κ3) is 51.2. The van der Waals surface area contributed by atoms with Gasteiger partial charge in [-0.2, -0.15) is 42.8 Å². The Morgan fingerprint density at radius 3 is 1.18 bits per heavy atom. The molecule has 0 aromatic carbocycles. The van der Waals surface area contributed by atoms with Gasteiger partial charge in [0.05, 0.1) is 60.9 Å². The van der Waals surface area contributed by atoms with Gasteiger partial charge in [0, 0.05) is 85.2 Å². The van der Waals surface area contributed by atoms with Crippen LogP contribution >= 0.6 is 27.0 Å². The van der Waals surface area contributed by atoms with Crippen molar-refractivity contribution in [3.05, 3.63) is 0 Å². The minimum Gasteiger partial charge on any atom is -0.481 e. The van der Waals surface area contributed by atoms with Crippen LogP contribution in [0, 0.1) is 62.1 Å². The number of nitrogens with zero attached hydrogens (tertiary/aromatic N) is 3. The highest BCUT2D eigenvalue weighted by molar-refractivity contribution is 7.59. The number of ketones is 4. The van der Waals surface area contributed by atoms with Gasteiger partial charge < -0.3 is 24.1 Å². The average molecular weight is 836 g/mol. The molecule has 0 aromatic heterocycles. The van der Waals surface area contributed by atoms with E-state index >= 15 is 0 Å². The summed E-state index contributed by atoms with van der Waals surface area (Å²) in [5.41, 5.74) is -1.29. The van der Waals surface area contributed by atoms with Gasteiger partial charge in [-0.1, -0.05) is 27.7 Å². The summed E-state index contributed by atoms with van der Waals surface area (Å²) in [5, 5.41) is 34.2. The molecule has 0 saturated carbocycles. The Labute approximate surface area is 353 Å². The molecular formula is C41H77N3O10S2. The molecule has 0 aliphatic rings. The Kier molecular flexibility index (Phi) is 50.6. The quantitative estimate of drug-likeness (QED) is 0.104. The predicted octanol–water partition coefficient (Wildman–Crippen LogP) is 7.97. The summed E-state index contributed by atoms with van der Waals surface area (Å²) >= 11 is 0. The number of carboxylic acid groups (broad SMARTS) is 1. The number of carbonyl (C=O) groups excluding carboxylic acids is 4. The highest BCUT2D eigenvalue weighted by Crippen LogP contribution is 2.22. The summed E-state index contributed by atoms with van der Waals surface area (Å²) in [6, 6.07) is 6.39. The second-order valence-corrected chi connectivity index (χ2v) is 14.8. The summed E-state index contributed by atoms with van der Waals surface area (Å²) in [6.07, 6.45) is 4.94. The van der Waals surface area contributed by atoms with Crippen molar-refractivity contribution in [2.45, 2.75) is 133 Å². The van der Waals surface area contributed by atoms with Crippen LogP contribution in [0.2, 0.25) is 0 Å². The molecule has 0 aliphatic heterocycles. The van der Waals surface area contributed by atoms with Gasteiger partial charge in [0.1, 0.15) is 23.1 Å². The Balaban J connectivity index is -0.000000108. The van der Waals surface area contributed by atoms with Crippen LogP contribution in [0.3, 0.4) is 0 Å². The first-order valence-electron chi connectivity index (χ1n) is 18.5. The second-order valence-electron chi connectivity index (χ2n) is 14.8. The Hall–Kier alpha value is -2.84. The largest absolute Gasteiger partial charge is 0.481 e. The van der Waals surface area contributed by atoms with Crippen molar-refractivity contribution in [1.29, 1.82) is 15.8 Å². The molecule has 0 amide bonds. The number of Topliss-reactive ketones (excluding diaryl/α,β-unsaturated/α-hetero) is 4. The van der Waals surface area contributed by atoms with E-state index in [1.165, 1.54) is 0 Å². The van der Waals surface area contributed by atoms with Gasteiger partial charge in [-0.25, -0.2) is 0 Å². The molecule has 0 aliphatic carbocycles. The van der Waals surface area contributed by atoms with E-state index in [2.05, 4.69) is 12.1 Å². The monoisotopic (exact) mass is 836 g/mol. The van der Waals surface area contributed by atoms with Crippen molar-refractivity contribution < 1.29 is 48.0 Å². The number of carboxylic acids is 1. The number of nitriles is 3. The highest BCUT2D eigenvalue weighted by atomic mass is 32.1. The van der Waals surface area contributed by atoms with Gasteiger partial charge >= 0.3 is 5.97 Å². The molecule has 1 N–H and O–H groups in total. The van der Waals surface area contributed by atoms with Gasteiger partial charge in [0.15, 0.2) is 0 Å². The standard InChI is InChI=1S/C11H19NO2.C10H17NO2.C7H11NO2.C7H14O2.C6H12O2.2H2S/c1-9(7-14-4)10(13)5-6-11(2,3)8-12;1-10(2,8-11)6-4-9(12)5-7-13-3;1-7(2,5-8)4-3-6(9)10;1-4-7(8)6(2)5-9-3;1-3-6(7)4-5-8-2;;/h9H,5-7H2,1-4H3;4-7H2,1-3H3;3-4H2,1-2H3,(H,9,10);6H,4-5H2,1-3H3;3-5H2,1-2H3;2*1H2. The summed E-state index contributed by atoms with van der Waals surface area (Å²) in [6.45, 7) is 20.4. The molecule has 328 valence electrons. The third-order valence-corrected chi connectivity index (χ3v) is 7.74. The topological polar surface area (TPSA) is 214 Å². The smallest absolute Gasteiger partial charge is 0.303 e. The maximum Gasteiger partial charge on any atom is 0.303 e. The minimum absolute atomic E-state index is 0.